The van der Waals surface area contributed by atoms with Crippen LogP contribution in [0.3, 0.4) is 0 Å². The molecule has 5 heteroatoms. The van der Waals surface area contributed by atoms with Crippen molar-refractivity contribution in [2.75, 3.05) is 6.61 Å². The maximum Gasteiger partial charge on any atom is 0.249 e. The predicted molar refractivity (Wildman–Crippen MR) is 231 cm³/mol. The summed E-state index contributed by atoms with van der Waals surface area (Å²) in [5, 5.41) is 33.1. The van der Waals surface area contributed by atoms with Crippen molar-refractivity contribution in [2.24, 2.45) is 0 Å². The first kappa shape index (κ1) is 51.0. The Balaban J connectivity index is 3.73. The van der Waals surface area contributed by atoms with Crippen LogP contribution in [0.5, 0.6) is 0 Å². The Morgan fingerprint density at radius 2 is 0.830 bits per heavy atom. The molecule has 0 rings (SSSR count). The van der Waals surface area contributed by atoms with Gasteiger partial charge in [0.25, 0.3) is 0 Å². The van der Waals surface area contributed by atoms with Crippen LogP contribution in [0.15, 0.2) is 60.8 Å². The van der Waals surface area contributed by atoms with Crippen LogP contribution < -0.4 is 5.32 Å². The molecule has 0 aliphatic heterocycles. The minimum absolute atomic E-state index is 0.386. The average Bonchev–Trinajstić information content (AvgIpc) is 3.16. The van der Waals surface area contributed by atoms with E-state index in [2.05, 4.69) is 67.8 Å². The lowest BCUT2D eigenvalue weighted by Crippen LogP contribution is -2.48. The lowest BCUT2D eigenvalue weighted by atomic mass is 10.0. The highest BCUT2D eigenvalue weighted by atomic mass is 16.3. The van der Waals surface area contributed by atoms with Crippen LogP contribution in [0.1, 0.15) is 213 Å². The summed E-state index contributed by atoms with van der Waals surface area (Å²) in [6.45, 7) is 4.14. The van der Waals surface area contributed by atoms with E-state index in [0.717, 1.165) is 51.4 Å². The van der Waals surface area contributed by atoms with Gasteiger partial charge in [0.05, 0.1) is 18.8 Å². The molecule has 0 spiro atoms. The van der Waals surface area contributed by atoms with E-state index in [9.17, 15) is 20.1 Å². The SMILES string of the molecule is CCCCCCC/C=C/CC/C=C/CC/C=C/C(O)C(CO)NC(=O)C(O)CCCCCCCCCC/C=C\C/C=C\CCCCCCCCCCC. The van der Waals surface area contributed by atoms with Crippen LogP contribution in [0, 0.1) is 0 Å². The summed E-state index contributed by atoms with van der Waals surface area (Å²) in [6, 6.07) is -0.825. The van der Waals surface area contributed by atoms with Crippen LogP contribution in [-0.2, 0) is 4.79 Å². The number of rotatable bonds is 40. The highest BCUT2D eigenvalue weighted by Crippen LogP contribution is 2.14. The second-order valence-electron chi connectivity index (χ2n) is 15.2. The van der Waals surface area contributed by atoms with Crippen LogP contribution in [-0.4, -0.2) is 46.1 Å². The number of carbonyl (C=O) groups excluding carboxylic acids is 1. The zero-order chi connectivity index (χ0) is 38.7. The number of carbonyl (C=O) groups is 1. The van der Waals surface area contributed by atoms with E-state index in [1.165, 1.54) is 141 Å². The first-order valence-corrected chi connectivity index (χ1v) is 22.6. The van der Waals surface area contributed by atoms with Gasteiger partial charge in [0.2, 0.25) is 5.91 Å². The largest absolute Gasteiger partial charge is 0.394 e. The van der Waals surface area contributed by atoms with Crippen LogP contribution >= 0.6 is 0 Å². The Bertz CT molecular complexity index is 907. The molecule has 308 valence electrons. The predicted octanol–water partition coefficient (Wildman–Crippen LogP) is 13.1. The van der Waals surface area contributed by atoms with Crippen molar-refractivity contribution in [3.05, 3.63) is 60.8 Å². The highest BCUT2D eigenvalue weighted by molar-refractivity contribution is 5.80. The fourth-order valence-electron chi connectivity index (χ4n) is 6.48. The minimum atomic E-state index is -1.12. The lowest BCUT2D eigenvalue weighted by molar-refractivity contribution is -0.131. The summed E-state index contributed by atoms with van der Waals surface area (Å²) in [6.07, 6.45) is 56.8. The molecule has 4 N–H and O–H groups in total. The molecule has 0 saturated carbocycles. The third-order valence-electron chi connectivity index (χ3n) is 10.1. The van der Waals surface area contributed by atoms with Gasteiger partial charge < -0.3 is 20.6 Å². The van der Waals surface area contributed by atoms with Crippen molar-refractivity contribution in [1.82, 2.24) is 5.32 Å². The molecule has 0 aromatic rings. The Hall–Kier alpha value is -1.95. The molecule has 0 aromatic heterocycles. The van der Waals surface area contributed by atoms with Gasteiger partial charge in [-0.25, -0.2) is 0 Å². The minimum Gasteiger partial charge on any atom is -0.394 e. The van der Waals surface area contributed by atoms with Crippen molar-refractivity contribution in [1.29, 1.82) is 0 Å². The van der Waals surface area contributed by atoms with Gasteiger partial charge in [0, 0.05) is 0 Å². The molecular formula is C48H87NO4. The molecule has 3 unspecified atom stereocenters. The van der Waals surface area contributed by atoms with Gasteiger partial charge in [-0.2, -0.15) is 0 Å². The zero-order valence-electron chi connectivity index (χ0n) is 34.9. The number of hydrogen-bond acceptors (Lipinski definition) is 4. The van der Waals surface area contributed by atoms with Gasteiger partial charge in [-0.1, -0.05) is 197 Å². The van der Waals surface area contributed by atoms with Gasteiger partial charge in [-0.05, 0) is 77.0 Å². The molecule has 0 bridgehead atoms. The molecule has 0 fully saturated rings. The molecule has 0 aromatic carbocycles. The van der Waals surface area contributed by atoms with E-state index in [4.69, 9.17) is 0 Å². The number of nitrogens with one attached hydrogen (secondary N) is 1. The second kappa shape index (κ2) is 42.8. The van der Waals surface area contributed by atoms with Gasteiger partial charge >= 0.3 is 0 Å². The molecule has 1 amide bonds. The van der Waals surface area contributed by atoms with Crippen molar-refractivity contribution >= 4 is 5.91 Å². The van der Waals surface area contributed by atoms with Crippen LogP contribution in [0.25, 0.3) is 0 Å². The smallest absolute Gasteiger partial charge is 0.249 e. The third kappa shape index (κ3) is 38.1. The number of aliphatic hydroxyl groups excluding tert-OH is 3. The molecule has 3 atom stereocenters. The summed E-state index contributed by atoms with van der Waals surface area (Å²) < 4.78 is 0. The van der Waals surface area contributed by atoms with E-state index in [1.54, 1.807) is 6.08 Å². The Morgan fingerprint density at radius 1 is 0.472 bits per heavy atom. The van der Waals surface area contributed by atoms with Crippen molar-refractivity contribution < 1.29 is 20.1 Å². The quantitative estimate of drug-likeness (QED) is 0.0372. The average molecular weight is 742 g/mol. The summed E-state index contributed by atoms with van der Waals surface area (Å²) >= 11 is 0. The van der Waals surface area contributed by atoms with E-state index >= 15 is 0 Å². The van der Waals surface area contributed by atoms with E-state index in [-0.39, 0.29) is 6.61 Å². The van der Waals surface area contributed by atoms with E-state index < -0.39 is 24.2 Å². The number of aliphatic hydroxyl groups is 3. The van der Waals surface area contributed by atoms with E-state index in [0.29, 0.717) is 6.42 Å². The maximum atomic E-state index is 12.5. The number of allylic oxidation sites excluding steroid dienone is 9. The standard InChI is InChI=1S/C48H87NO4/c1-3-5-7-9-11-13-15-17-19-20-21-22-23-24-25-26-27-29-31-33-35-37-39-41-43-47(52)48(53)49-45(44-50)46(51)42-40-38-36-34-32-30-28-18-16-14-12-10-8-6-4-2/h16,18,21-22,24-25,32,34,40,42,45-47,50-52H,3-15,17,19-20,23,26-31,33,35-39,41,43-44H2,1-2H3,(H,49,53)/b18-16+,22-21-,25-24-,34-32+,42-40+. The van der Waals surface area contributed by atoms with Gasteiger partial charge in [-0.3, -0.25) is 4.79 Å². The van der Waals surface area contributed by atoms with Crippen molar-refractivity contribution in [3.63, 3.8) is 0 Å². The summed E-state index contributed by atoms with van der Waals surface area (Å²) in [5.41, 5.74) is 0. The molecule has 0 aliphatic rings. The van der Waals surface area contributed by atoms with E-state index in [1.807, 2.05) is 6.08 Å². The first-order chi connectivity index (χ1) is 26.1. The Morgan fingerprint density at radius 3 is 1.26 bits per heavy atom. The molecule has 0 saturated heterocycles. The van der Waals surface area contributed by atoms with Gasteiger partial charge in [0.1, 0.15) is 6.10 Å². The summed E-state index contributed by atoms with van der Waals surface area (Å²) in [4.78, 5) is 12.5. The topological polar surface area (TPSA) is 89.8 Å². The van der Waals surface area contributed by atoms with Gasteiger partial charge in [0.15, 0.2) is 0 Å². The fraction of sp³-hybridized carbons (Fsp3) is 0.771. The first-order valence-electron chi connectivity index (χ1n) is 22.6. The normalized spacial score (nSPS) is 14.1. The molecule has 5 nitrogen and oxygen atoms in total. The van der Waals surface area contributed by atoms with Gasteiger partial charge in [-0.15, -0.1) is 0 Å². The van der Waals surface area contributed by atoms with Crippen molar-refractivity contribution in [2.45, 2.75) is 231 Å². The number of amides is 1. The number of unbranched alkanes of at least 4 members (excludes halogenated alkanes) is 24. The molecule has 0 radical (unpaired) electrons. The maximum absolute atomic E-state index is 12.5. The number of hydrogen-bond donors (Lipinski definition) is 4. The molecule has 53 heavy (non-hydrogen) atoms. The summed E-state index contributed by atoms with van der Waals surface area (Å²) in [5.74, 6) is -0.524. The van der Waals surface area contributed by atoms with Crippen LogP contribution in [0.2, 0.25) is 0 Å². The zero-order valence-corrected chi connectivity index (χ0v) is 34.9. The Kier molecular flexibility index (Phi) is 41.2. The third-order valence-corrected chi connectivity index (χ3v) is 10.1. The molecular weight excluding hydrogens is 655 g/mol. The highest BCUT2D eigenvalue weighted by Gasteiger charge is 2.22. The molecule has 0 heterocycles. The monoisotopic (exact) mass is 742 g/mol. The molecule has 0 aliphatic carbocycles. The summed E-state index contributed by atoms with van der Waals surface area (Å²) in [7, 11) is 0. The Labute approximate surface area is 329 Å². The fourth-order valence-corrected chi connectivity index (χ4v) is 6.48. The second-order valence-corrected chi connectivity index (χ2v) is 15.2. The lowest BCUT2D eigenvalue weighted by Gasteiger charge is -2.21. The van der Waals surface area contributed by atoms with Crippen LogP contribution in [0.4, 0.5) is 0 Å². The van der Waals surface area contributed by atoms with Crippen molar-refractivity contribution in [3.8, 4) is 0 Å².